The molecule has 1 aliphatic rings. The van der Waals surface area contributed by atoms with E-state index in [1.807, 2.05) is 0 Å². The zero-order valence-electron chi connectivity index (χ0n) is 17.7. The van der Waals surface area contributed by atoms with Gasteiger partial charge in [-0.2, -0.15) is 18.3 Å². The molecule has 3 aromatic heterocycles. The molecule has 1 fully saturated rings. The molecule has 1 amide bonds. The number of aromatic amines is 1. The third-order valence-electron chi connectivity index (χ3n) is 5.12. The van der Waals surface area contributed by atoms with Crippen molar-refractivity contribution in [2.75, 3.05) is 13.1 Å². The van der Waals surface area contributed by atoms with Gasteiger partial charge >= 0.3 is 12.3 Å². The van der Waals surface area contributed by atoms with Crippen molar-refractivity contribution in [3.63, 3.8) is 0 Å². The molecule has 0 aliphatic carbocycles. The number of rotatable bonds is 2. The highest BCUT2D eigenvalue weighted by molar-refractivity contribution is 7.13. The molecule has 4 heterocycles. The molecular formula is C20H22F3N5O3S. The van der Waals surface area contributed by atoms with E-state index in [2.05, 4.69) is 15.1 Å². The number of hydrogen-bond acceptors (Lipinski definition) is 6. The monoisotopic (exact) mass is 469 g/mol. The minimum Gasteiger partial charge on any atom is -0.444 e. The number of likely N-dealkylation sites (tertiary alicyclic amines) is 1. The van der Waals surface area contributed by atoms with Crippen LogP contribution in [0.15, 0.2) is 22.4 Å². The Morgan fingerprint density at radius 3 is 2.53 bits per heavy atom. The highest BCUT2D eigenvalue weighted by atomic mass is 32.1. The molecule has 172 valence electrons. The Morgan fingerprint density at radius 1 is 1.25 bits per heavy atom. The van der Waals surface area contributed by atoms with Crippen molar-refractivity contribution in [3.8, 4) is 10.6 Å². The van der Waals surface area contributed by atoms with Gasteiger partial charge in [0.05, 0.1) is 17.5 Å². The lowest BCUT2D eigenvalue weighted by Gasteiger charge is -2.33. The van der Waals surface area contributed by atoms with Gasteiger partial charge in [-0.05, 0) is 33.6 Å². The Labute approximate surface area is 185 Å². The van der Waals surface area contributed by atoms with Crippen LogP contribution >= 0.6 is 11.3 Å². The number of alkyl halides is 3. The number of halogens is 3. The number of ether oxygens (including phenoxy) is 1. The summed E-state index contributed by atoms with van der Waals surface area (Å²) >= 11 is 0.840. The van der Waals surface area contributed by atoms with Gasteiger partial charge < -0.3 is 14.6 Å². The Bertz CT molecular complexity index is 1200. The first-order chi connectivity index (χ1) is 14.9. The summed E-state index contributed by atoms with van der Waals surface area (Å²) in [5, 5.41) is 5.37. The fraction of sp³-hybridized carbons (Fsp3) is 0.500. The van der Waals surface area contributed by atoms with Gasteiger partial charge in [-0.25, -0.2) is 14.3 Å². The molecule has 8 nitrogen and oxygen atoms in total. The molecule has 1 saturated heterocycles. The maximum absolute atomic E-state index is 12.9. The van der Waals surface area contributed by atoms with Crippen LogP contribution in [-0.2, 0) is 10.9 Å². The predicted octanol–water partition coefficient (Wildman–Crippen LogP) is 4.28. The number of amides is 1. The standard InChI is InChI=1S/C20H22F3N5O3S/c1-19(2,3)31-18(30)27-6-4-11(5-7-27)13-8-15(29)26-16-12(9-24-28(13)16)17-25-14(10-32-17)20(21,22)23/h8-11H,4-7H2,1-3H3,(H,26,29). The third-order valence-corrected chi connectivity index (χ3v) is 6.00. The molecule has 1 aliphatic heterocycles. The molecule has 0 spiro atoms. The SMILES string of the molecule is CC(C)(C)OC(=O)N1CCC(c2cc(=O)[nH]c3c(-c4nc(C(F)(F)F)cs4)cnn23)CC1. The van der Waals surface area contributed by atoms with E-state index in [0.717, 1.165) is 16.7 Å². The quantitative estimate of drug-likeness (QED) is 0.605. The van der Waals surface area contributed by atoms with Gasteiger partial charge in [0.2, 0.25) is 0 Å². The van der Waals surface area contributed by atoms with Crippen LogP contribution < -0.4 is 5.56 Å². The number of piperidine rings is 1. The lowest BCUT2D eigenvalue weighted by atomic mass is 9.93. The van der Waals surface area contributed by atoms with E-state index < -0.39 is 17.5 Å². The van der Waals surface area contributed by atoms with E-state index in [9.17, 15) is 22.8 Å². The van der Waals surface area contributed by atoms with Crippen LogP contribution in [-0.4, -0.2) is 49.3 Å². The topological polar surface area (TPSA) is 92.6 Å². The Kier molecular flexibility index (Phi) is 5.51. The smallest absolute Gasteiger partial charge is 0.434 e. The molecule has 4 rings (SSSR count). The predicted molar refractivity (Wildman–Crippen MR) is 112 cm³/mol. The number of nitrogens with zero attached hydrogens (tertiary/aromatic N) is 4. The second kappa shape index (κ2) is 7.91. The van der Waals surface area contributed by atoms with Crippen molar-refractivity contribution >= 4 is 23.1 Å². The molecule has 0 radical (unpaired) electrons. The van der Waals surface area contributed by atoms with Crippen molar-refractivity contribution in [1.29, 1.82) is 0 Å². The van der Waals surface area contributed by atoms with Gasteiger partial charge in [-0.3, -0.25) is 4.79 Å². The van der Waals surface area contributed by atoms with Gasteiger partial charge in [0, 0.05) is 30.5 Å². The molecular weight excluding hydrogens is 447 g/mol. The lowest BCUT2D eigenvalue weighted by Crippen LogP contribution is -2.41. The Hall–Kier alpha value is -2.89. The van der Waals surface area contributed by atoms with Crippen LogP contribution in [0.3, 0.4) is 0 Å². The lowest BCUT2D eigenvalue weighted by molar-refractivity contribution is -0.140. The fourth-order valence-electron chi connectivity index (χ4n) is 3.67. The van der Waals surface area contributed by atoms with Crippen molar-refractivity contribution in [2.45, 2.75) is 51.3 Å². The summed E-state index contributed by atoms with van der Waals surface area (Å²) in [5.41, 5.74) is -0.673. The molecule has 0 atom stereocenters. The van der Waals surface area contributed by atoms with E-state index >= 15 is 0 Å². The van der Waals surface area contributed by atoms with E-state index in [1.165, 1.54) is 12.3 Å². The zero-order chi connectivity index (χ0) is 23.3. The molecule has 0 saturated carbocycles. The van der Waals surface area contributed by atoms with E-state index in [-0.39, 0.29) is 22.6 Å². The number of aromatic nitrogens is 4. The average Bonchev–Trinajstić information content (AvgIpc) is 3.32. The number of H-pyrrole nitrogens is 1. The summed E-state index contributed by atoms with van der Waals surface area (Å²) in [4.78, 5) is 32.6. The summed E-state index contributed by atoms with van der Waals surface area (Å²) in [6.45, 7) is 6.34. The largest absolute Gasteiger partial charge is 0.444 e. The summed E-state index contributed by atoms with van der Waals surface area (Å²) in [5.74, 6) is -0.0479. The van der Waals surface area contributed by atoms with Gasteiger partial charge in [0.15, 0.2) is 5.69 Å². The third kappa shape index (κ3) is 4.50. The molecule has 1 N–H and O–H groups in total. The first-order valence-corrected chi connectivity index (χ1v) is 10.9. The van der Waals surface area contributed by atoms with E-state index in [4.69, 9.17) is 4.74 Å². The molecule has 32 heavy (non-hydrogen) atoms. The first-order valence-electron chi connectivity index (χ1n) is 10.0. The van der Waals surface area contributed by atoms with Crippen molar-refractivity contribution in [1.82, 2.24) is 24.5 Å². The highest BCUT2D eigenvalue weighted by Gasteiger charge is 2.34. The average molecular weight is 469 g/mol. The number of thiazole rings is 1. The van der Waals surface area contributed by atoms with E-state index in [0.29, 0.717) is 42.8 Å². The van der Waals surface area contributed by atoms with Crippen molar-refractivity contribution < 1.29 is 22.7 Å². The maximum atomic E-state index is 12.9. The second-order valence-electron chi connectivity index (χ2n) is 8.65. The Balaban J connectivity index is 1.60. The summed E-state index contributed by atoms with van der Waals surface area (Å²) in [6.07, 6.45) is -2.31. The first kappa shape index (κ1) is 22.3. The molecule has 0 unspecified atom stereocenters. The van der Waals surface area contributed by atoms with Crippen LogP contribution in [0.25, 0.3) is 16.2 Å². The minimum absolute atomic E-state index is 0.0479. The summed E-state index contributed by atoms with van der Waals surface area (Å²) in [6, 6.07) is 1.45. The summed E-state index contributed by atoms with van der Waals surface area (Å²) in [7, 11) is 0. The molecule has 3 aromatic rings. The number of hydrogen-bond donors (Lipinski definition) is 1. The fourth-order valence-corrected chi connectivity index (χ4v) is 4.51. The maximum Gasteiger partial charge on any atom is 0.434 e. The van der Waals surface area contributed by atoms with Gasteiger partial charge in [-0.1, -0.05) is 0 Å². The van der Waals surface area contributed by atoms with Gasteiger partial charge in [-0.15, -0.1) is 11.3 Å². The van der Waals surface area contributed by atoms with Crippen LogP contribution in [0.2, 0.25) is 0 Å². The normalized spacial score (nSPS) is 16.0. The Morgan fingerprint density at radius 2 is 1.94 bits per heavy atom. The van der Waals surface area contributed by atoms with Crippen LogP contribution in [0, 0.1) is 0 Å². The molecule has 12 heteroatoms. The molecule has 0 bridgehead atoms. The second-order valence-corrected chi connectivity index (χ2v) is 9.51. The van der Waals surface area contributed by atoms with Crippen LogP contribution in [0.4, 0.5) is 18.0 Å². The molecule has 0 aromatic carbocycles. The van der Waals surface area contributed by atoms with Gasteiger partial charge in [0.1, 0.15) is 16.3 Å². The summed E-state index contributed by atoms with van der Waals surface area (Å²) < 4.78 is 45.8. The highest BCUT2D eigenvalue weighted by Crippen LogP contribution is 2.35. The van der Waals surface area contributed by atoms with Crippen molar-refractivity contribution in [2.24, 2.45) is 0 Å². The van der Waals surface area contributed by atoms with E-state index in [1.54, 1.807) is 30.2 Å². The van der Waals surface area contributed by atoms with Gasteiger partial charge in [0.25, 0.3) is 5.56 Å². The zero-order valence-corrected chi connectivity index (χ0v) is 18.5. The van der Waals surface area contributed by atoms with Crippen molar-refractivity contribution in [3.05, 3.63) is 39.4 Å². The number of carbonyl (C=O) groups is 1. The number of carbonyl (C=O) groups excluding carboxylic acids is 1. The minimum atomic E-state index is -4.54. The number of nitrogens with one attached hydrogen (secondary N) is 1. The van der Waals surface area contributed by atoms with Crippen LogP contribution in [0.1, 0.15) is 50.9 Å². The number of fused-ring (bicyclic) bond motifs is 1. The van der Waals surface area contributed by atoms with Crippen LogP contribution in [0.5, 0.6) is 0 Å².